The lowest BCUT2D eigenvalue weighted by molar-refractivity contribution is 0.435. The minimum absolute atomic E-state index is 0.652. The summed E-state index contributed by atoms with van der Waals surface area (Å²) in [5, 5.41) is 7.32. The van der Waals surface area contributed by atoms with Gasteiger partial charge in [-0.25, -0.2) is 0 Å². The molecule has 0 N–H and O–H groups in total. The van der Waals surface area contributed by atoms with Gasteiger partial charge in [-0.3, -0.25) is 0 Å². The molecule has 12 rings (SSSR count). The van der Waals surface area contributed by atoms with Crippen LogP contribution in [-0.4, -0.2) is 0 Å². The first kappa shape index (κ1) is 31.9. The SMILES string of the molecule is c1ccc(-c2cc3ccccc3cc2N(c2ccc3c(c2)C2(c4ccccc4Oc4ccccc42)c2cccc4cccc-3c24)c2cccc3ccccc23)cc1. The number of hydrogen-bond acceptors (Lipinski definition) is 2. The molecule has 10 aromatic carbocycles. The first-order chi connectivity index (χ1) is 28.3. The van der Waals surface area contributed by atoms with Crippen LogP contribution in [0.4, 0.5) is 17.1 Å². The van der Waals surface area contributed by atoms with E-state index in [9.17, 15) is 0 Å². The molecule has 1 heterocycles. The number of fused-ring (bicyclic) bond motifs is 10. The Morgan fingerprint density at radius 1 is 0.351 bits per heavy atom. The maximum Gasteiger partial charge on any atom is 0.132 e. The van der Waals surface area contributed by atoms with Gasteiger partial charge in [-0.2, -0.15) is 0 Å². The van der Waals surface area contributed by atoms with Crippen molar-refractivity contribution in [3.8, 4) is 33.8 Å². The summed E-state index contributed by atoms with van der Waals surface area (Å²) in [6, 6.07) is 77.7. The molecule has 0 saturated heterocycles. The average molecular weight is 726 g/mol. The number of para-hydroxylation sites is 2. The smallest absolute Gasteiger partial charge is 0.132 e. The van der Waals surface area contributed by atoms with Crippen molar-refractivity contribution in [2.45, 2.75) is 5.41 Å². The summed E-state index contributed by atoms with van der Waals surface area (Å²) in [5.74, 6) is 1.77. The number of anilines is 3. The van der Waals surface area contributed by atoms with Crippen molar-refractivity contribution < 1.29 is 4.74 Å². The predicted octanol–water partition coefficient (Wildman–Crippen LogP) is 14.8. The predicted molar refractivity (Wildman–Crippen MR) is 236 cm³/mol. The summed E-state index contributed by atoms with van der Waals surface area (Å²) in [4.78, 5) is 2.50. The standard InChI is InChI=1S/C55H35NO/c1-2-15-37(16-3-1)45-33-39-18-4-5-19-40(39)34-51(45)56(50-28-14-20-36-17-6-7-23-42(36)50)41-31-32-43-44-24-12-21-38-22-13-27-48(54(38)44)55(49(43)35-41)46-25-8-10-29-52(46)57-53-30-11-9-26-47(53)55/h1-35H. The van der Waals surface area contributed by atoms with Crippen molar-refractivity contribution in [1.82, 2.24) is 0 Å². The van der Waals surface area contributed by atoms with Gasteiger partial charge in [0.25, 0.3) is 0 Å². The monoisotopic (exact) mass is 725 g/mol. The molecule has 57 heavy (non-hydrogen) atoms. The zero-order valence-corrected chi connectivity index (χ0v) is 31.1. The van der Waals surface area contributed by atoms with E-state index in [0.29, 0.717) is 0 Å². The highest BCUT2D eigenvalue weighted by Gasteiger charge is 2.49. The highest BCUT2D eigenvalue weighted by atomic mass is 16.5. The Bertz CT molecular complexity index is 3180. The van der Waals surface area contributed by atoms with Gasteiger partial charge in [-0.05, 0) is 97.2 Å². The molecule has 1 spiro atoms. The number of benzene rings is 10. The van der Waals surface area contributed by atoms with Gasteiger partial charge >= 0.3 is 0 Å². The molecule has 0 saturated carbocycles. The summed E-state index contributed by atoms with van der Waals surface area (Å²) in [6.07, 6.45) is 0. The highest BCUT2D eigenvalue weighted by Crippen LogP contribution is 2.62. The molecule has 10 aromatic rings. The molecule has 0 bridgehead atoms. The van der Waals surface area contributed by atoms with Crippen LogP contribution in [0.15, 0.2) is 212 Å². The summed E-state index contributed by atoms with van der Waals surface area (Å²) >= 11 is 0. The number of hydrogen-bond donors (Lipinski definition) is 0. The van der Waals surface area contributed by atoms with Gasteiger partial charge in [0.1, 0.15) is 11.5 Å². The summed E-state index contributed by atoms with van der Waals surface area (Å²) in [5.41, 5.74) is 12.3. The van der Waals surface area contributed by atoms with Gasteiger partial charge in [0.05, 0.1) is 16.8 Å². The normalized spacial score (nSPS) is 13.2. The zero-order valence-electron chi connectivity index (χ0n) is 31.1. The van der Waals surface area contributed by atoms with Crippen molar-refractivity contribution >= 4 is 49.4 Å². The van der Waals surface area contributed by atoms with E-state index in [1.807, 2.05) is 0 Å². The third-order valence-corrected chi connectivity index (χ3v) is 12.3. The van der Waals surface area contributed by atoms with Crippen LogP contribution in [0.25, 0.3) is 54.6 Å². The summed E-state index contributed by atoms with van der Waals surface area (Å²) in [6.45, 7) is 0. The average Bonchev–Trinajstić information content (AvgIpc) is 3.28. The van der Waals surface area contributed by atoms with Crippen LogP contribution in [0.5, 0.6) is 11.5 Å². The van der Waals surface area contributed by atoms with E-state index in [4.69, 9.17) is 4.74 Å². The Labute approximate surface area is 331 Å². The minimum Gasteiger partial charge on any atom is -0.457 e. The Morgan fingerprint density at radius 2 is 0.947 bits per heavy atom. The molecule has 0 amide bonds. The van der Waals surface area contributed by atoms with E-state index in [-0.39, 0.29) is 0 Å². The van der Waals surface area contributed by atoms with Crippen molar-refractivity contribution in [2.24, 2.45) is 0 Å². The number of nitrogens with zero attached hydrogens (tertiary/aromatic N) is 1. The molecule has 2 heteroatoms. The second-order valence-electron chi connectivity index (χ2n) is 15.2. The molecule has 0 radical (unpaired) electrons. The molecule has 0 fully saturated rings. The third-order valence-electron chi connectivity index (χ3n) is 12.3. The largest absolute Gasteiger partial charge is 0.457 e. The van der Waals surface area contributed by atoms with Crippen molar-refractivity contribution in [3.05, 3.63) is 235 Å². The van der Waals surface area contributed by atoms with E-state index in [2.05, 4.69) is 217 Å². The van der Waals surface area contributed by atoms with Gasteiger partial charge in [0.15, 0.2) is 0 Å². The van der Waals surface area contributed by atoms with E-state index in [0.717, 1.165) is 39.7 Å². The van der Waals surface area contributed by atoms with Crippen molar-refractivity contribution in [2.75, 3.05) is 4.90 Å². The molecule has 2 aliphatic rings. The fourth-order valence-electron chi connectivity index (χ4n) is 9.89. The molecular formula is C55H35NO. The van der Waals surface area contributed by atoms with E-state index < -0.39 is 5.41 Å². The maximum absolute atomic E-state index is 6.76. The maximum atomic E-state index is 6.76. The van der Waals surface area contributed by atoms with Crippen LogP contribution in [0.3, 0.4) is 0 Å². The van der Waals surface area contributed by atoms with Crippen LogP contribution in [0.1, 0.15) is 22.3 Å². The lowest BCUT2D eigenvalue weighted by Crippen LogP contribution is -2.36. The molecule has 0 atom stereocenters. The molecule has 2 nitrogen and oxygen atoms in total. The first-order valence-electron chi connectivity index (χ1n) is 19.7. The minimum atomic E-state index is -0.652. The number of ether oxygens (including phenoxy) is 1. The van der Waals surface area contributed by atoms with Gasteiger partial charge in [-0.1, -0.05) is 170 Å². The fraction of sp³-hybridized carbons (Fsp3) is 0.0182. The quantitative estimate of drug-likeness (QED) is 0.179. The van der Waals surface area contributed by atoms with Gasteiger partial charge in [0.2, 0.25) is 0 Å². The molecule has 0 aromatic heterocycles. The highest BCUT2D eigenvalue weighted by molar-refractivity contribution is 6.08. The Hall–Kier alpha value is -7.42. The summed E-state index contributed by atoms with van der Waals surface area (Å²) < 4.78 is 6.76. The van der Waals surface area contributed by atoms with Gasteiger partial charge in [-0.15, -0.1) is 0 Å². The van der Waals surface area contributed by atoms with Crippen molar-refractivity contribution in [3.63, 3.8) is 0 Å². The van der Waals surface area contributed by atoms with Crippen molar-refractivity contribution in [1.29, 1.82) is 0 Å². The Kier molecular flexibility index (Phi) is 6.88. The van der Waals surface area contributed by atoms with Gasteiger partial charge in [0, 0.05) is 27.8 Å². The lowest BCUT2D eigenvalue weighted by atomic mass is 9.58. The second kappa shape index (κ2) is 12.3. The third kappa shape index (κ3) is 4.59. The van der Waals surface area contributed by atoms with Crippen LogP contribution in [0, 0.1) is 0 Å². The Morgan fingerprint density at radius 3 is 1.74 bits per heavy atom. The molecule has 1 aliphatic carbocycles. The molecule has 266 valence electrons. The van der Waals surface area contributed by atoms with Crippen LogP contribution >= 0.6 is 0 Å². The zero-order chi connectivity index (χ0) is 37.5. The molecular weight excluding hydrogens is 691 g/mol. The fourth-order valence-corrected chi connectivity index (χ4v) is 9.89. The molecule has 1 aliphatic heterocycles. The van der Waals surface area contributed by atoms with Crippen LogP contribution in [0.2, 0.25) is 0 Å². The second-order valence-corrected chi connectivity index (χ2v) is 15.2. The lowest BCUT2D eigenvalue weighted by Gasteiger charge is -2.45. The topological polar surface area (TPSA) is 12.5 Å². The summed E-state index contributed by atoms with van der Waals surface area (Å²) in [7, 11) is 0. The van der Waals surface area contributed by atoms with Crippen LogP contribution in [-0.2, 0) is 5.41 Å². The van der Waals surface area contributed by atoms with E-state index in [1.54, 1.807) is 0 Å². The van der Waals surface area contributed by atoms with Gasteiger partial charge < -0.3 is 9.64 Å². The molecule has 0 unspecified atom stereocenters. The van der Waals surface area contributed by atoms with E-state index >= 15 is 0 Å². The van der Waals surface area contributed by atoms with Crippen LogP contribution < -0.4 is 9.64 Å². The van der Waals surface area contributed by atoms with E-state index in [1.165, 1.54) is 65.7 Å². The number of rotatable bonds is 4. The first-order valence-corrected chi connectivity index (χ1v) is 19.7. The Balaban J connectivity index is 1.24.